The Kier molecular flexibility index (Phi) is 10.0. The van der Waals surface area contributed by atoms with E-state index in [2.05, 4.69) is 59.3 Å². The molecule has 3 aromatic carbocycles. The van der Waals surface area contributed by atoms with E-state index in [-0.39, 0.29) is 6.61 Å². The van der Waals surface area contributed by atoms with Gasteiger partial charge in [-0.25, -0.2) is 4.98 Å². The van der Waals surface area contributed by atoms with E-state index in [0.717, 1.165) is 59.9 Å². The minimum absolute atomic E-state index is 0.232. The van der Waals surface area contributed by atoms with Crippen molar-refractivity contribution < 1.29 is 14.6 Å². The number of carbonyl (C=O) groups is 1. The SMILES string of the molecule is Cc1cccc(C)c1NCCCC(=O)CN1CCN(CC(O)COc2ccc3sc(-c4ccccc4)nc3c2)CC1. The number of aryl methyl sites for hydroxylation is 2. The zero-order valence-electron chi connectivity index (χ0n) is 24.0. The Morgan fingerprint density at radius 1 is 1.00 bits per heavy atom. The van der Waals surface area contributed by atoms with Gasteiger partial charge in [-0.3, -0.25) is 14.6 Å². The lowest BCUT2D eigenvalue weighted by atomic mass is 10.1. The van der Waals surface area contributed by atoms with E-state index >= 15 is 0 Å². The van der Waals surface area contributed by atoms with Crippen LogP contribution in [-0.2, 0) is 4.79 Å². The fraction of sp³-hybridized carbons (Fsp3) is 0.394. The van der Waals surface area contributed by atoms with Crippen molar-refractivity contribution in [1.82, 2.24) is 14.8 Å². The largest absolute Gasteiger partial charge is 0.491 e. The molecule has 0 spiro atoms. The molecule has 0 amide bonds. The van der Waals surface area contributed by atoms with Crippen LogP contribution in [0.1, 0.15) is 24.0 Å². The number of aliphatic hydroxyl groups is 1. The summed E-state index contributed by atoms with van der Waals surface area (Å²) in [7, 11) is 0. The molecule has 0 bridgehead atoms. The number of benzene rings is 3. The predicted molar refractivity (Wildman–Crippen MR) is 168 cm³/mol. The predicted octanol–water partition coefficient (Wildman–Crippen LogP) is 5.40. The first-order chi connectivity index (χ1) is 19.9. The third kappa shape index (κ3) is 8.14. The lowest BCUT2D eigenvalue weighted by Gasteiger charge is -2.35. The first kappa shape index (κ1) is 29.2. The topological polar surface area (TPSA) is 77.9 Å². The molecular formula is C33H40N4O3S. The van der Waals surface area contributed by atoms with E-state index in [1.807, 2.05) is 36.4 Å². The highest BCUT2D eigenvalue weighted by Crippen LogP contribution is 2.32. The molecule has 7 nitrogen and oxygen atoms in total. The number of rotatable bonds is 13. The van der Waals surface area contributed by atoms with Crippen molar-refractivity contribution in [1.29, 1.82) is 0 Å². The second kappa shape index (κ2) is 14.0. The molecule has 1 unspecified atom stereocenters. The highest BCUT2D eigenvalue weighted by Gasteiger charge is 2.21. The van der Waals surface area contributed by atoms with Gasteiger partial charge in [0, 0.05) is 63.0 Å². The third-order valence-corrected chi connectivity index (χ3v) is 8.66. The average molecular weight is 573 g/mol. The van der Waals surface area contributed by atoms with Crippen LogP contribution < -0.4 is 10.1 Å². The van der Waals surface area contributed by atoms with Crippen molar-refractivity contribution in [3.63, 3.8) is 0 Å². The zero-order valence-corrected chi connectivity index (χ0v) is 24.8. The molecule has 1 aliphatic rings. The highest BCUT2D eigenvalue weighted by atomic mass is 32.1. The zero-order chi connectivity index (χ0) is 28.6. The van der Waals surface area contributed by atoms with Crippen LogP contribution in [0.25, 0.3) is 20.8 Å². The van der Waals surface area contributed by atoms with Gasteiger partial charge in [0.05, 0.1) is 16.8 Å². The molecule has 0 saturated carbocycles. The normalized spacial score (nSPS) is 15.2. The number of fused-ring (bicyclic) bond motifs is 1. The molecule has 1 aliphatic heterocycles. The van der Waals surface area contributed by atoms with Crippen molar-refractivity contribution in [2.45, 2.75) is 32.8 Å². The van der Waals surface area contributed by atoms with Crippen molar-refractivity contribution in [2.75, 3.05) is 57.7 Å². The number of Topliss-reactive ketones (excluding diaryl/α,β-unsaturated/α-hetero) is 1. The fourth-order valence-corrected chi connectivity index (χ4v) is 6.25. The van der Waals surface area contributed by atoms with E-state index in [4.69, 9.17) is 9.72 Å². The molecule has 1 aromatic heterocycles. The Morgan fingerprint density at radius 2 is 1.73 bits per heavy atom. The van der Waals surface area contributed by atoms with Gasteiger partial charge in [0.2, 0.25) is 0 Å². The summed E-state index contributed by atoms with van der Waals surface area (Å²) >= 11 is 1.66. The second-order valence-electron chi connectivity index (χ2n) is 10.9. The van der Waals surface area contributed by atoms with E-state index in [1.165, 1.54) is 16.8 Å². The van der Waals surface area contributed by atoms with Crippen LogP contribution in [0.5, 0.6) is 5.75 Å². The number of piperazine rings is 1. The van der Waals surface area contributed by atoms with Crippen LogP contribution in [0, 0.1) is 13.8 Å². The molecular weight excluding hydrogens is 532 g/mol. The number of thiazole rings is 1. The molecule has 2 heterocycles. The summed E-state index contributed by atoms with van der Waals surface area (Å²) in [5, 5.41) is 15.1. The smallest absolute Gasteiger partial charge is 0.146 e. The van der Waals surface area contributed by atoms with E-state index in [0.29, 0.717) is 31.0 Å². The Hall–Kier alpha value is -3.30. The number of hydrogen-bond donors (Lipinski definition) is 2. The molecule has 1 saturated heterocycles. The minimum atomic E-state index is -0.585. The summed E-state index contributed by atoms with van der Waals surface area (Å²) in [6.45, 7) is 9.67. The van der Waals surface area contributed by atoms with Gasteiger partial charge in [0.1, 0.15) is 29.3 Å². The standard InChI is InChI=1S/C33H40N4O3S/c1-24-8-6-9-25(2)32(24)34-15-7-12-27(38)21-36-16-18-37(19-17-36)22-28(39)23-40-29-13-14-31-30(20-29)35-33(41-31)26-10-4-3-5-11-26/h3-6,8-11,13-14,20,28,34,39H,7,12,15-19,21-23H2,1-2H3. The molecule has 0 aliphatic carbocycles. The number of para-hydroxylation sites is 1. The molecule has 1 atom stereocenters. The molecule has 8 heteroatoms. The molecule has 4 aromatic rings. The van der Waals surface area contributed by atoms with E-state index in [1.54, 1.807) is 11.3 Å². The van der Waals surface area contributed by atoms with Crippen molar-refractivity contribution in [3.05, 3.63) is 77.9 Å². The molecule has 2 N–H and O–H groups in total. The molecule has 41 heavy (non-hydrogen) atoms. The molecule has 1 fully saturated rings. The Morgan fingerprint density at radius 3 is 2.49 bits per heavy atom. The number of ether oxygens (including phenoxy) is 1. The van der Waals surface area contributed by atoms with Gasteiger partial charge in [-0.1, -0.05) is 48.5 Å². The monoisotopic (exact) mass is 572 g/mol. The van der Waals surface area contributed by atoms with Gasteiger partial charge in [-0.2, -0.15) is 0 Å². The maximum atomic E-state index is 12.5. The van der Waals surface area contributed by atoms with E-state index in [9.17, 15) is 9.90 Å². The summed E-state index contributed by atoms with van der Waals surface area (Å²) in [4.78, 5) is 21.8. The highest BCUT2D eigenvalue weighted by molar-refractivity contribution is 7.21. The van der Waals surface area contributed by atoms with Gasteiger partial charge < -0.3 is 15.2 Å². The number of carbonyl (C=O) groups excluding carboxylic acids is 1. The average Bonchev–Trinajstić information content (AvgIpc) is 3.41. The summed E-state index contributed by atoms with van der Waals surface area (Å²) < 4.78 is 7.03. The molecule has 0 radical (unpaired) electrons. The van der Waals surface area contributed by atoms with Crippen molar-refractivity contribution in [3.8, 4) is 16.3 Å². The maximum Gasteiger partial charge on any atom is 0.146 e. The summed E-state index contributed by atoms with van der Waals surface area (Å²) in [5.74, 6) is 1.01. The number of β-amino-alcohol motifs (C(OH)–C–C–N with tert-alkyl or cyclic N) is 1. The lowest BCUT2D eigenvalue weighted by Crippen LogP contribution is -2.50. The fourth-order valence-electron chi connectivity index (χ4n) is 5.30. The minimum Gasteiger partial charge on any atom is -0.491 e. The van der Waals surface area contributed by atoms with Crippen LogP contribution in [0.2, 0.25) is 0 Å². The van der Waals surface area contributed by atoms with Gasteiger partial charge in [-0.15, -0.1) is 11.3 Å². The quantitative estimate of drug-likeness (QED) is 0.208. The van der Waals surface area contributed by atoms with Crippen molar-refractivity contribution >= 4 is 33.0 Å². The first-order valence-corrected chi connectivity index (χ1v) is 15.3. The number of aromatic nitrogens is 1. The third-order valence-electron chi connectivity index (χ3n) is 7.57. The number of hydrogen-bond acceptors (Lipinski definition) is 8. The number of ketones is 1. The lowest BCUT2D eigenvalue weighted by molar-refractivity contribution is -0.120. The van der Waals surface area contributed by atoms with Gasteiger partial charge in [0.15, 0.2) is 0 Å². The Bertz CT molecular complexity index is 1410. The number of aliphatic hydroxyl groups excluding tert-OH is 1. The van der Waals surface area contributed by atoms with Gasteiger partial charge in [0.25, 0.3) is 0 Å². The van der Waals surface area contributed by atoms with Crippen molar-refractivity contribution in [2.24, 2.45) is 0 Å². The number of nitrogens with one attached hydrogen (secondary N) is 1. The van der Waals surface area contributed by atoms with E-state index < -0.39 is 6.10 Å². The van der Waals surface area contributed by atoms with Crippen LogP contribution in [-0.4, -0.2) is 84.2 Å². The number of nitrogens with zero attached hydrogens (tertiary/aromatic N) is 3. The summed E-state index contributed by atoms with van der Waals surface area (Å²) in [6.07, 6.45) is 0.843. The summed E-state index contributed by atoms with van der Waals surface area (Å²) in [5.41, 5.74) is 5.67. The van der Waals surface area contributed by atoms with Gasteiger partial charge >= 0.3 is 0 Å². The Labute approximate surface area is 246 Å². The molecule has 216 valence electrons. The summed E-state index contributed by atoms with van der Waals surface area (Å²) in [6, 6.07) is 22.4. The Balaban J connectivity index is 0.984. The molecule has 5 rings (SSSR count). The van der Waals surface area contributed by atoms with Crippen LogP contribution >= 0.6 is 11.3 Å². The van der Waals surface area contributed by atoms with Gasteiger partial charge in [-0.05, 0) is 43.5 Å². The maximum absolute atomic E-state index is 12.5. The van der Waals surface area contributed by atoms with Crippen LogP contribution in [0.4, 0.5) is 5.69 Å². The first-order valence-electron chi connectivity index (χ1n) is 14.5. The van der Waals surface area contributed by atoms with Crippen LogP contribution in [0.15, 0.2) is 66.7 Å². The number of anilines is 1. The second-order valence-corrected chi connectivity index (χ2v) is 11.9. The van der Waals surface area contributed by atoms with Crippen LogP contribution in [0.3, 0.4) is 0 Å².